The van der Waals surface area contributed by atoms with E-state index < -0.39 is 5.97 Å². The van der Waals surface area contributed by atoms with Crippen molar-refractivity contribution in [3.05, 3.63) is 46.6 Å². The van der Waals surface area contributed by atoms with Gasteiger partial charge in [-0.15, -0.1) is 0 Å². The number of pyridine rings is 1. The highest BCUT2D eigenvalue weighted by atomic mass is 35.5. The van der Waals surface area contributed by atoms with Gasteiger partial charge < -0.3 is 10.4 Å². The second-order valence-corrected chi connectivity index (χ2v) is 5.91. The number of nitrogens with zero attached hydrogens (tertiary/aromatic N) is 2. The van der Waals surface area contributed by atoms with Crippen LogP contribution in [0, 0.1) is 6.92 Å². The van der Waals surface area contributed by atoms with Gasteiger partial charge in [0, 0.05) is 10.7 Å². The predicted molar refractivity (Wildman–Crippen MR) is 83.8 cm³/mol. The van der Waals surface area contributed by atoms with Crippen LogP contribution in [0.2, 0.25) is 5.02 Å². The van der Waals surface area contributed by atoms with Crippen molar-refractivity contribution in [1.29, 1.82) is 0 Å². The number of benzene rings is 1. The third-order valence-electron chi connectivity index (χ3n) is 2.79. The molecule has 0 atom stereocenters. The summed E-state index contributed by atoms with van der Waals surface area (Å²) in [5.74, 6) is -0.530. The molecule has 1 aromatic carbocycles. The number of nitrogens with one attached hydrogen (secondary N) is 1. The molecule has 2 heterocycles. The van der Waals surface area contributed by atoms with Gasteiger partial charge in [0.1, 0.15) is 5.82 Å². The van der Waals surface area contributed by atoms with E-state index in [9.17, 15) is 4.79 Å². The zero-order chi connectivity index (χ0) is 15.0. The van der Waals surface area contributed by atoms with E-state index in [0.29, 0.717) is 21.7 Å². The summed E-state index contributed by atoms with van der Waals surface area (Å²) in [5, 5.41) is 13.4. The van der Waals surface area contributed by atoms with Gasteiger partial charge in [0.2, 0.25) is 0 Å². The Kier molecular flexibility index (Phi) is 3.48. The van der Waals surface area contributed by atoms with Crippen molar-refractivity contribution in [3.63, 3.8) is 0 Å². The summed E-state index contributed by atoms with van der Waals surface area (Å²) in [4.78, 5) is 19.7. The lowest BCUT2D eigenvalue weighted by Gasteiger charge is -2.04. The number of aromatic carboxylic acids is 1. The molecule has 0 spiro atoms. The van der Waals surface area contributed by atoms with Gasteiger partial charge in [-0.25, -0.2) is 14.8 Å². The monoisotopic (exact) mass is 319 g/mol. The number of carboxylic acid groups (broad SMARTS) is 1. The number of hydrogen-bond acceptors (Lipinski definition) is 5. The highest BCUT2D eigenvalue weighted by molar-refractivity contribution is 7.22. The zero-order valence-corrected chi connectivity index (χ0v) is 12.5. The molecule has 106 valence electrons. The third-order valence-corrected chi connectivity index (χ3v) is 3.95. The lowest BCUT2D eigenvalue weighted by Crippen LogP contribution is -2.01. The topological polar surface area (TPSA) is 75.1 Å². The van der Waals surface area contributed by atoms with E-state index in [1.807, 2.05) is 12.1 Å². The number of carboxylic acids is 1. The summed E-state index contributed by atoms with van der Waals surface area (Å²) in [7, 11) is 0. The molecule has 0 bridgehead atoms. The molecular weight excluding hydrogens is 310 g/mol. The quantitative estimate of drug-likeness (QED) is 0.760. The van der Waals surface area contributed by atoms with Crippen molar-refractivity contribution in [2.45, 2.75) is 6.92 Å². The Morgan fingerprint density at radius 1 is 1.29 bits per heavy atom. The molecule has 0 aliphatic carbocycles. The molecule has 3 rings (SSSR count). The van der Waals surface area contributed by atoms with Gasteiger partial charge in [-0.05, 0) is 37.3 Å². The first-order valence-corrected chi connectivity index (χ1v) is 7.26. The summed E-state index contributed by atoms with van der Waals surface area (Å²) in [6.07, 6.45) is 0. The van der Waals surface area contributed by atoms with E-state index in [1.54, 1.807) is 13.0 Å². The van der Waals surface area contributed by atoms with Crippen LogP contribution in [-0.2, 0) is 0 Å². The average molecular weight is 320 g/mol. The fourth-order valence-electron chi connectivity index (χ4n) is 1.92. The van der Waals surface area contributed by atoms with Crippen molar-refractivity contribution >= 4 is 50.1 Å². The van der Waals surface area contributed by atoms with Crippen LogP contribution in [0.4, 0.5) is 10.9 Å². The lowest BCUT2D eigenvalue weighted by molar-refractivity contribution is 0.0696. The van der Waals surface area contributed by atoms with E-state index in [0.717, 1.165) is 10.2 Å². The molecule has 0 amide bonds. The second-order valence-electron chi connectivity index (χ2n) is 4.44. The number of anilines is 2. The Morgan fingerprint density at radius 2 is 2.10 bits per heavy atom. The molecule has 2 aromatic heterocycles. The van der Waals surface area contributed by atoms with Crippen LogP contribution in [0.5, 0.6) is 0 Å². The summed E-state index contributed by atoms with van der Waals surface area (Å²) in [6.45, 7) is 1.75. The van der Waals surface area contributed by atoms with E-state index >= 15 is 0 Å². The molecule has 0 saturated heterocycles. The maximum absolute atomic E-state index is 11.1. The fourth-order valence-corrected chi connectivity index (χ4v) is 3.07. The van der Waals surface area contributed by atoms with Gasteiger partial charge in [-0.3, -0.25) is 0 Å². The highest BCUT2D eigenvalue weighted by Gasteiger charge is 2.09. The number of halogens is 1. The van der Waals surface area contributed by atoms with Crippen molar-refractivity contribution in [2.75, 3.05) is 5.32 Å². The predicted octanol–water partition coefficient (Wildman–Crippen LogP) is 4.09. The van der Waals surface area contributed by atoms with Crippen LogP contribution < -0.4 is 5.32 Å². The molecule has 0 aliphatic rings. The van der Waals surface area contributed by atoms with Crippen molar-refractivity contribution < 1.29 is 9.90 Å². The molecule has 0 saturated carbocycles. The molecule has 2 N–H and O–H groups in total. The van der Waals surface area contributed by atoms with Crippen LogP contribution in [-0.4, -0.2) is 21.0 Å². The SMILES string of the molecule is Cc1cc(C(=O)O)cc(Nc2nc3ccc(Cl)cc3s2)n1. The smallest absolute Gasteiger partial charge is 0.335 e. The van der Waals surface area contributed by atoms with Gasteiger partial charge >= 0.3 is 5.97 Å². The number of hydrogen-bond donors (Lipinski definition) is 2. The number of aryl methyl sites for hydroxylation is 1. The molecule has 3 aromatic rings. The molecule has 21 heavy (non-hydrogen) atoms. The summed E-state index contributed by atoms with van der Waals surface area (Å²) in [5.41, 5.74) is 1.65. The summed E-state index contributed by atoms with van der Waals surface area (Å²) >= 11 is 7.38. The van der Waals surface area contributed by atoms with E-state index in [1.165, 1.54) is 23.5 Å². The highest BCUT2D eigenvalue weighted by Crippen LogP contribution is 2.30. The van der Waals surface area contributed by atoms with E-state index in [4.69, 9.17) is 16.7 Å². The number of fused-ring (bicyclic) bond motifs is 1. The van der Waals surface area contributed by atoms with Crippen molar-refractivity contribution in [1.82, 2.24) is 9.97 Å². The molecule has 7 heteroatoms. The zero-order valence-electron chi connectivity index (χ0n) is 10.9. The Bertz CT molecular complexity index is 847. The first kappa shape index (κ1) is 13.8. The standard InChI is InChI=1S/C14H10ClN3O2S/c1-7-4-8(13(19)20)5-12(16-7)18-14-17-10-3-2-9(15)6-11(10)21-14/h2-6H,1H3,(H,19,20)(H,16,17,18). The summed E-state index contributed by atoms with van der Waals surface area (Å²) < 4.78 is 0.955. The first-order chi connectivity index (χ1) is 10.0. The Balaban J connectivity index is 1.96. The van der Waals surface area contributed by atoms with Crippen LogP contribution in [0.3, 0.4) is 0 Å². The van der Waals surface area contributed by atoms with Crippen LogP contribution >= 0.6 is 22.9 Å². The molecule has 0 unspecified atom stereocenters. The van der Waals surface area contributed by atoms with E-state index in [-0.39, 0.29) is 5.56 Å². The van der Waals surface area contributed by atoms with Gasteiger partial charge in [-0.1, -0.05) is 22.9 Å². The van der Waals surface area contributed by atoms with Crippen molar-refractivity contribution in [3.8, 4) is 0 Å². The Labute approximate surface area is 129 Å². The lowest BCUT2D eigenvalue weighted by atomic mass is 10.2. The fraction of sp³-hybridized carbons (Fsp3) is 0.0714. The minimum absolute atomic E-state index is 0.189. The average Bonchev–Trinajstić information content (AvgIpc) is 2.79. The number of thiazole rings is 1. The van der Waals surface area contributed by atoms with Gasteiger partial charge in [0.15, 0.2) is 5.13 Å². The molecule has 0 radical (unpaired) electrons. The van der Waals surface area contributed by atoms with Gasteiger partial charge in [0.05, 0.1) is 15.8 Å². The Hall–Kier alpha value is -2.18. The van der Waals surface area contributed by atoms with E-state index in [2.05, 4.69) is 15.3 Å². The number of carbonyl (C=O) groups is 1. The maximum atomic E-state index is 11.1. The van der Waals surface area contributed by atoms with Gasteiger partial charge in [0.25, 0.3) is 0 Å². The van der Waals surface area contributed by atoms with Crippen LogP contribution in [0.1, 0.15) is 16.1 Å². The van der Waals surface area contributed by atoms with Crippen LogP contribution in [0.25, 0.3) is 10.2 Å². The largest absolute Gasteiger partial charge is 0.478 e. The van der Waals surface area contributed by atoms with Crippen molar-refractivity contribution in [2.24, 2.45) is 0 Å². The molecule has 5 nitrogen and oxygen atoms in total. The second kappa shape index (κ2) is 5.31. The maximum Gasteiger partial charge on any atom is 0.335 e. The molecule has 0 aliphatic heterocycles. The van der Waals surface area contributed by atoms with Gasteiger partial charge in [-0.2, -0.15) is 0 Å². The minimum atomic E-state index is -0.986. The minimum Gasteiger partial charge on any atom is -0.478 e. The Morgan fingerprint density at radius 3 is 2.86 bits per heavy atom. The summed E-state index contributed by atoms with van der Waals surface area (Å²) in [6, 6.07) is 8.46. The molecular formula is C14H10ClN3O2S. The third kappa shape index (κ3) is 2.96. The first-order valence-electron chi connectivity index (χ1n) is 6.06. The number of rotatable bonds is 3. The van der Waals surface area contributed by atoms with Crippen LogP contribution in [0.15, 0.2) is 30.3 Å². The molecule has 0 fully saturated rings. The number of aromatic nitrogens is 2. The normalized spacial score (nSPS) is 10.8.